The van der Waals surface area contributed by atoms with E-state index >= 15 is 0 Å². The van der Waals surface area contributed by atoms with E-state index in [4.69, 9.17) is 0 Å². The first kappa shape index (κ1) is 147. The van der Waals surface area contributed by atoms with Crippen molar-refractivity contribution in [1.29, 1.82) is 0 Å². The van der Waals surface area contributed by atoms with Gasteiger partial charge >= 0.3 is 23.9 Å². The van der Waals surface area contributed by atoms with Gasteiger partial charge in [0.15, 0.2) is 0 Å². The van der Waals surface area contributed by atoms with Crippen LogP contribution in [-0.4, -0.2) is 23.9 Å². The average Bonchev–Trinajstić information content (AvgIpc) is 0. The Morgan fingerprint density at radius 1 is 0.750 bits per heavy atom. The van der Waals surface area contributed by atoms with Gasteiger partial charge in [0, 0.05) is 0 Å². The van der Waals surface area contributed by atoms with E-state index in [1.54, 1.807) is 0 Å². The van der Waals surface area contributed by atoms with Gasteiger partial charge in [0.1, 0.15) is 0 Å². The van der Waals surface area contributed by atoms with Crippen molar-refractivity contribution in [2.45, 2.75) is 0 Å². The van der Waals surface area contributed by atoms with Gasteiger partial charge in [0.25, 0.3) is 0 Å². The van der Waals surface area contributed by atoms with Gasteiger partial charge in [-0.05, 0) is 0 Å². The molecule has 0 aromatic carbocycles. The smallest absolute Gasteiger partial charge is 2.00 e. The predicted molar refractivity (Wildman–Crippen MR) is 9.63 cm³/mol. The molecule has 4 heavy (non-hydrogen) atoms. The number of hydrogen-bond donors (Lipinski definition) is 0. The van der Waals surface area contributed by atoms with Crippen LogP contribution in [0.5, 0.6) is 0 Å². The molecule has 2 nitrogen and oxygen atoms in total. The molecule has 0 spiro atoms. The summed E-state index contributed by atoms with van der Waals surface area (Å²) in [5, 5.41) is 0. The third-order valence-electron chi connectivity index (χ3n) is 0. The zero-order valence-corrected chi connectivity index (χ0v) is 4.58. The molecule has 0 saturated carbocycles. The summed E-state index contributed by atoms with van der Waals surface area (Å²) in [6.45, 7) is 0. The van der Waals surface area contributed by atoms with E-state index < -0.39 is 0 Å². The Morgan fingerprint density at radius 3 is 0.750 bits per heavy atom. The number of rotatable bonds is 0. The SMILES string of the molecule is F.[O-2].[O-2].[Sn+4]. The molecular formula is HFO2Sn. The van der Waals surface area contributed by atoms with Gasteiger partial charge in [-0.15, -0.1) is 0 Å². The maximum atomic E-state index is 0. The van der Waals surface area contributed by atoms with Crippen LogP contribution in [0.25, 0.3) is 0 Å². The van der Waals surface area contributed by atoms with Crippen LogP contribution in [-0.2, 0) is 11.0 Å². The number of hydrogen-bond acceptors (Lipinski definition) is 0. The summed E-state index contributed by atoms with van der Waals surface area (Å²) in [5.41, 5.74) is 0. The molecule has 0 aromatic heterocycles. The molecule has 0 aliphatic rings. The second kappa shape index (κ2) is 60.8. The van der Waals surface area contributed by atoms with Crippen LogP contribution in [0.3, 0.4) is 0 Å². The van der Waals surface area contributed by atoms with E-state index in [2.05, 4.69) is 0 Å². The van der Waals surface area contributed by atoms with Crippen LogP contribution >= 0.6 is 0 Å². The fourth-order valence-corrected chi connectivity index (χ4v) is 0. The molecule has 24 valence electrons. The zero-order chi connectivity index (χ0) is 0. The topological polar surface area (TPSA) is 57.0 Å². The first-order valence-corrected chi connectivity index (χ1v) is 0. The molecule has 0 radical (unpaired) electrons. The molecular weight excluding hydrogens is 170 g/mol. The average molecular weight is 171 g/mol. The summed E-state index contributed by atoms with van der Waals surface area (Å²) in [4.78, 5) is 0. The van der Waals surface area contributed by atoms with Crippen molar-refractivity contribution in [3.8, 4) is 0 Å². The second-order valence-electron chi connectivity index (χ2n) is 0. The minimum Gasteiger partial charge on any atom is -2.00 e. The molecule has 0 aliphatic heterocycles. The van der Waals surface area contributed by atoms with Crippen LogP contribution in [0.2, 0.25) is 0 Å². The fraction of sp³-hybridized carbons (Fsp3) is 0. The summed E-state index contributed by atoms with van der Waals surface area (Å²) in [5.74, 6) is 0. The summed E-state index contributed by atoms with van der Waals surface area (Å²) >= 11 is 0. The van der Waals surface area contributed by atoms with Crippen molar-refractivity contribution in [1.82, 2.24) is 0 Å². The van der Waals surface area contributed by atoms with Gasteiger partial charge in [-0.2, -0.15) is 0 Å². The van der Waals surface area contributed by atoms with Gasteiger partial charge in [0.2, 0.25) is 0 Å². The molecule has 0 saturated heterocycles. The maximum Gasteiger partial charge on any atom is 4.00 e. The summed E-state index contributed by atoms with van der Waals surface area (Å²) < 4.78 is 0. The van der Waals surface area contributed by atoms with Crippen LogP contribution in [0.4, 0.5) is 4.70 Å². The van der Waals surface area contributed by atoms with Crippen LogP contribution in [0.1, 0.15) is 0 Å². The molecule has 0 aromatic rings. The molecule has 0 aliphatic carbocycles. The molecule has 0 rings (SSSR count). The van der Waals surface area contributed by atoms with Crippen molar-refractivity contribution in [3.05, 3.63) is 0 Å². The normalized spacial score (nSPS) is 0. The van der Waals surface area contributed by atoms with Gasteiger partial charge in [-0.1, -0.05) is 0 Å². The van der Waals surface area contributed by atoms with Gasteiger partial charge in [0.05, 0.1) is 0 Å². The van der Waals surface area contributed by atoms with E-state index in [9.17, 15) is 0 Å². The van der Waals surface area contributed by atoms with Crippen LogP contribution < -0.4 is 0 Å². The third-order valence-corrected chi connectivity index (χ3v) is 0. The van der Waals surface area contributed by atoms with E-state index in [-0.39, 0.29) is 39.6 Å². The molecule has 0 bridgehead atoms. The monoisotopic (exact) mass is 172 g/mol. The van der Waals surface area contributed by atoms with Crippen molar-refractivity contribution in [2.75, 3.05) is 0 Å². The van der Waals surface area contributed by atoms with E-state index in [0.29, 0.717) is 0 Å². The minimum atomic E-state index is 0. The van der Waals surface area contributed by atoms with Crippen LogP contribution in [0.15, 0.2) is 0 Å². The molecule has 0 N–H and O–H groups in total. The molecule has 4 heteroatoms. The summed E-state index contributed by atoms with van der Waals surface area (Å²) in [6, 6.07) is 0. The Labute approximate surface area is 40.1 Å². The maximum absolute atomic E-state index is 0. The Balaban J connectivity index is 0. The van der Waals surface area contributed by atoms with E-state index in [1.807, 2.05) is 0 Å². The van der Waals surface area contributed by atoms with Crippen molar-refractivity contribution in [3.63, 3.8) is 0 Å². The van der Waals surface area contributed by atoms with Crippen molar-refractivity contribution in [2.24, 2.45) is 0 Å². The van der Waals surface area contributed by atoms with Crippen molar-refractivity contribution < 1.29 is 15.7 Å². The third kappa shape index (κ3) is 17.1. The standard InChI is InChI=1S/FH.2O.Sn/h1H;;;/q;2*-2;+4. The predicted octanol–water partition coefficient (Wildman–Crippen LogP) is -0.466. The summed E-state index contributed by atoms with van der Waals surface area (Å²) in [6.07, 6.45) is 0. The first-order chi connectivity index (χ1) is 0. The van der Waals surface area contributed by atoms with E-state index in [1.165, 1.54) is 0 Å². The van der Waals surface area contributed by atoms with Gasteiger partial charge in [-0.3, -0.25) is 4.70 Å². The quantitative estimate of drug-likeness (QED) is 0.442. The van der Waals surface area contributed by atoms with Gasteiger partial charge in [-0.25, -0.2) is 0 Å². The first-order valence-electron chi connectivity index (χ1n) is 0. The molecule has 0 amide bonds. The zero-order valence-electron chi connectivity index (χ0n) is 1.72. The number of halogens is 1. The van der Waals surface area contributed by atoms with Crippen molar-refractivity contribution >= 4 is 23.9 Å². The van der Waals surface area contributed by atoms with E-state index in [0.717, 1.165) is 0 Å². The molecule has 0 fully saturated rings. The van der Waals surface area contributed by atoms with Gasteiger partial charge < -0.3 is 11.0 Å². The molecule has 0 atom stereocenters. The second-order valence-corrected chi connectivity index (χ2v) is 0. The van der Waals surface area contributed by atoms with Crippen LogP contribution in [0, 0.1) is 0 Å². The Kier molecular flexibility index (Phi) is 2240. The Hall–Kier alpha value is 0.649. The fourth-order valence-electron chi connectivity index (χ4n) is 0. The Morgan fingerprint density at radius 2 is 0.750 bits per heavy atom. The Bertz CT molecular complexity index is 6.00. The molecule has 0 heterocycles. The largest absolute Gasteiger partial charge is 4.00 e. The minimum absolute atomic E-state index is 0. The molecule has 0 unspecified atom stereocenters. The summed E-state index contributed by atoms with van der Waals surface area (Å²) in [7, 11) is 0.